The first-order valence-corrected chi connectivity index (χ1v) is 5.82. The number of aromatic nitrogens is 2. The van der Waals surface area contributed by atoms with Crippen LogP contribution in [0.5, 0.6) is 5.75 Å². The first kappa shape index (κ1) is 13.4. The van der Waals surface area contributed by atoms with Gasteiger partial charge >= 0.3 is 5.97 Å². The Hall–Kier alpha value is -2.08. The predicted octanol–water partition coefficient (Wildman–Crippen LogP) is 1.51. The fourth-order valence-electron chi connectivity index (χ4n) is 1.93. The van der Waals surface area contributed by atoms with E-state index in [0.29, 0.717) is 16.7 Å². The number of nitrogens with zero attached hydrogens (tertiary/aromatic N) is 2. The zero-order valence-electron chi connectivity index (χ0n) is 11.0. The average Bonchev–Trinajstić information content (AvgIpc) is 2.65. The van der Waals surface area contributed by atoms with Gasteiger partial charge in [-0.25, -0.2) is 4.79 Å². The molecule has 6 heteroatoms. The Morgan fingerprint density at radius 3 is 2.68 bits per heavy atom. The van der Waals surface area contributed by atoms with Gasteiger partial charge in [-0.05, 0) is 26.0 Å². The summed E-state index contributed by atoms with van der Waals surface area (Å²) in [4.78, 5) is 11.2. The minimum absolute atomic E-state index is 0.0260. The number of carboxylic acids is 1. The summed E-state index contributed by atoms with van der Waals surface area (Å²) < 4.78 is 6.61. The number of methoxy groups -OCH3 is 1. The highest BCUT2D eigenvalue weighted by atomic mass is 16.5. The molecule has 6 nitrogen and oxygen atoms in total. The summed E-state index contributed by atoms with van der Waals surface area (Å²) in [5.41, 5.74) is -0.390. The van der Waals surface area contributed by atoms with Gasteiger partial charge in [-0.2, -0.15) is 5.10 Å². The molecular formula is C13H16N2O4. The predicted molar refractivity (Wildman–Crippen MR) is 69.5 cm³/mol. The number of hydrogen-bond donors (Lipinski definition) is 2. The van der Waals surface area contributed by atoms with Gasteiger partial charge < -0.3 is 14.9 Å². The molecule has 0 aliphatic rings. The van der Waals surface area contributed by atoms with Crippen LogP contribution in [0.3, 0.4) is 0 Å². The number of fused-ring (bicyclic) bond motifs is 1. The minimum Gasteiger partial charge on any atom is -0.497 e. The smallest absolute Gasteiger partial charge is 0.357 e. The van der Waals surface area contributed by atoms with Gasteiger partial charge in [0, 0.05) is 11.5 Å². The Kier molecular flexibility index (Phi) is 3.20. The van der Waals surface area contributed by atoms with Gasteiger partial charge in [-0.15, -0.1) is 0 Å². The average molecular weight is 264 g/mol. The Bertz CT molecular complexity index is 625. The third kappa shape index (κ3) is 2.68. The van der Waals surface area contributed by atoms with Crippen molar-refractivity contribution in [2.75, 3.05) is 7.11 Å². The number of hydrogen-bond acceptors (Lipinski definition) is 4. The van der Waals surface area contributed by atoms with Crippen LogP contribution in [0.2, 0.25) is 0 Å². The summed E-state index contributed by atoms with van der Waals surface area (Å²) in [5.74, 6) is -0.481. The van der Waals surface area contributed by atoms with E-state index in [4.69, 9.17) is 9.84 Å². The molecule has 0 atom stereocenters. The lowest BCUT2D eigenvalue weighted by molar-refractivity contribution is 0.0576. The van der Waals surface area contributed by atoms with Crippen molar-refractivity contribution < 1.29 is 19.7 Å². The van der Waals surface area contributed by atoms with Crippen molar-refractivity contribution in [3.63, 3.8) is 0 Å². The fraction of sp³-hybridized carbons (Fsp3) is 0.385. The maximum Gasteiger partial charge on any atom is 0.357 e. The van der Waals surface area contributed by atoms with Crippen LogP contribution in [-0.2, 0) is 6.54 Å². The van der Waals surface area contributed by atoms with Gasteiger partial charge in [0.15, 0.2) is 5.69 Å². The van der Waals surface area contributed by atoms with Crippen molar-refractivity contribution in [3.05, 3.63) is 23.9 Å². The number of benzene rings is 1. The molecule has 1 aromatic carbocycles. The molecule has 0 fully saturated rings. The van der Waals surface area contributed by atoms with E-state index in [1.165, 1.54) is 11.8 Å². The summed E-state index contributed by atoms with van der Waals surface area (Å²) in [6.07, 6.45) is 0. The Morgan fingerprint density at radius 2 is 2.16 bits per heavy atom. The molecule has 2 N–H and O–H groups in total. The molecule has 1 aromatic heterocycles. The standard InChI is InChI=1S/C13H16N2O4/c1-13(2,18)7-15-10-6-8(19-3)4-5-9(10)11(14-15)12(16)17/h4-6,18H,7H2,1-3H3,(H,16,17). The number of ether oxygens (including phenoxy) is 1. The van der Waals surface area contributed by atoms with E-state index in [-0.39, 0.29) is 12.2 Å². The van der Waals surface area contributed by atoms with Gasteiger partial charge in [-0.3, -0.25) is 4.68 Å². The molecule has 0 aliphatic heterocycles. The molecule has 0 unspecified atom stereocenters. The van der Waals surface area contributed by atoms with Crippen LogP contribution in [0.1, 0.15) is 24.3 Å². The summed E-state index contributed by atoms with van der Waals surface area (Å²) >= 11 is 0. The highest BCUT2D eigenvalue weighted by Gasteiger charge is 2.21. The zero-order valence-corrected chi connectivity index (χ0v) is 11.0. The van der Waals surface area contributed by atoms with Crippen molar-refractivity contribution in [1.29, 1.82) is 0 Å². The van der Waals surface area contributed by atoms with Gasteiger partial charge in [0.05, 0.1) is 24.8 Å². The maximum absolute atomic E-state index is 11.2. The SMILES string of the molecule is COc1ccc2c(C(=O)O)nn(CC(C)(C)O)c2c1. The molecule has 0 bridgehead atoms. The van der Waals surface area contributed by atoms with Gasteiger partial charge in [0.2, 0.25) is 0 Å². The number of carboxylic acid groups (broad SMARTS) is 1. The Labute approximate surface area is 110 Å². The number of aliphatic hydroxyl groups is 1. The molecule has 19 heavy (non-hydrogen) atoms. The van der Waals surface area contributed by atoms with E-state index in [1.54, 1.807) is 32.0 Å². The van der Waals surface area contributed by atoms with E-state index in [0.717, 1.165) is 0 Å². The molecule has 0 saturated carbocycles. The normalized spacial score (nSPS) is 11.8. The lowest BCUT2D eigenvalue weighted by Gasteiger charge is -2.17. The number of carbonyl (C=O) groups is 1. The maximum atomic E-state index is 11.2. The van der Waals surface area contributed by atoms with Gasteiger partial charge in [0.1, 0.15) is 5.75 Å². The second-order valence-electron chi connectivity index (χ2n) is 5.01. The summed E-state index contributed by atoms with van der Waals surface area (Å²) in [6.45, 7) is 3.48. The highest BCUT2D eigenvalue weighted by molar-refractivity contribution is 6.01. The Morgan fingerprint density at radius 1 is 1.47 bits per heavy atom. The van der Waals surface area contributed by atoms with Crippen molar-refractivity contribution in [3.8, 4) is 5.75 Å². The molecule has 2 aromatic rings. The van der Waals surface area contributed by atoms with Gasteiger partial charge in [0.25, 0.3) is 0 Å². The van der Waals surface area contributed by atoms with Crippen LogP contribution >= 0.6 is 0 Å². The van der Waals surface area contributed by atoms with Crippen molar-refractivity contribution >= 4 is 16.9 Å². The second kappa shape index (κ2) is 4.55. The molecule has 1 heterocycles. The van der Waals surface area contributed by atoms with Crippen LogP contribution < -0.4 is 4.74 Å². The van der Waals surface area contributed by atoms with Crippen molar-refractivity contribution in [2.24, 2.45) is 0 Å². The van der Waals surface area contributed by atoms with E-state index < -0.39 is 11.6 Å². The zero-order chi connectivity index (χ0) is 14.2. The largest absolute Gasteiger partial charge is 0.497 e. The molecule has 0 aliphatic carbocycles. The molecule has 0 saturated heterocycles. The van der Waals surface area contributed by atoms with E-state index >= 15 is 0 Å². The summed E-state index contributed by atoms with van der Waals surface area (Å²) in [7, 11) is 1.54. The lowest BCUT2D eigenvalue weighted by Crippen LogP contribution is -2.26. The van der Waals surface area contributed by atoms with Crippen LogP contribution in [0.4, 0.5) is 0 Å². The van der Waals surface area contributed by atoms with Crippen LogP contribution in [-0.4, -0.2) is 38.7 Å². The fourth-order valence-corrected chi connectivity index (χ4v) is 1.93. The van der Waals surface area contributed by atoms with E-state index in [9.17, 15) is 9.90 Å². The second-order valence-corrected chi connectivity index (χ2v) is 5.01. The van der Waals surface area contributed by atoms with Crippen LogP contribution in [0.25, 0.3) is 10.9 Å². The first-order chi connectivity index (χ1) is 8.81. The van der Waals surface area contributed by atoms with Crippen molar-refractivity contribution in [1.82, 2.24) is 9.78 Å². The van der Waals surface area contributed by atoms with Crippen LogP contribution in [0, 0.1) is 0 Å². The quantitative estimate of drug-likeness (QED) is 0.874. The topological polar surface area (TPSA) is 84.6 Å². The van der Waals surface area contributed by atoms with Crippen LogP contribution in [0.15, 0.2) is 18.2 Å². The molecule has 102 valence electrons. The highest BCUT2D eigenvalue weighted by Crippen LogP contribution is 2.25. The summed E-state index contributed by atoms with van der Waals surface area (Å²) in [5, 5.41) is 23.6. The third-order valence-electron chi connectivity index (χ3n) is 2.70. The van der Waals surface area contributed by atoms with Crippen molar-refractivity contribution in [2.45, 2.75) is 26.0 Å². The number of aromatic carboxylic acids is 1. The molecular weight excluding hydrogens is 248 g/mol. The minimum atomic E-state index is -1.09. The molecule has 2 rings (SSSR count). The molecule has 0 amide bonds. The first-order valence-electron chi connectivity index (χ1n) is 5.82. The Balaban J connectivity index is 2.64. The summed E-state index contributed by atoms with van der Waals surface area (Å²) in [6, 6.07) is 5.05. The van der Waals surface area contributed by atoms with Gasteiger partial charge in [-0.1, -0.05) is 0 Å². The third-order valence-corrected chi connectivity index (χ3v) is 2.70. The van der Waals surface area contributed by atoms with E-state index in [1.807, 2.05) is 0 Å². The monoisotopic (exact) mass is 264 g/mol. The molecule has 0 spiro atoms. The lowest BCUT2D eigenvalue weighted by atomic mass is 10.1. The van der Waals surface area contributed by atoms with E-state index in [2.05, 4.69) is 5.10 Å². The number of rotatable bonds is 4. The molecule has 0 radical (unpaired) electrons.